The number of aromatic carboxylic acids is 1. The molecule has 0 unspecified atom stereocenters. The lowest BCUT2D eigenvalue weighted by Crippen LogP contribution is -2.07. The summed E-state index contributed by atoms with van der Waals surface area (Å²) in [6.07, 6.45) is -0.393. The Morgan fingerprint density at radius 2 is 1.65 bits per heavy atom. The first-order chi connectivity index (χ1) is 10.9. The third-order valence-corrected chi connectivity index (χ3v) is 3.93. The zero-order chi connectivity index (χ0) is 17.0. The number of benzene rings is 2. The molecule has 23 heavy (non-hydrogen) atoms. The summed E-state index contributed by atoms with van der Waals surface area (Å²) in [5, 5.41) is 28.6. The van der Waals surface area contributed by atoms with Crippen LogP contribution in [0.5, 0.6) is 0 Å². The molecule has 0 atom stereocenters. The van der Waals surface area contributed by atoms with E-state index in [1.807, 2.05) is 0 Å². The number of rotatable bonds is 6. The average molecular weight is 333 g/mol. The van der Waals surface area contributed by atoms with Gasteiger partial charge in [-0.1, -0.05) is 11.8 Å². The zero-order valence-corrected chi connectivity index (χ0v) is 12.4. The Kier molecular flexibility index (Phi) is 4.97. The number of nitro groups is 1. The number of carbonyl (C=O) groups is 2. The Morgan fingerprint density at radius 3 is 2.17 bits per heavy atom. The van der Waals surface area contributed by atoms with E-state index in [9.17, 15) is 19.7 Å². The number of aliphatic carboxylic acids is 1. The van der Waals surface area contributed by atoms with Gasteiger partial charge in [-0.3, -0.25) is 14.9 Å². The maximum Gasteiger partial charge on any atom is 0.335 e. The lowest BCUT2D eigenvalue weighted by Gasteiger charge is -2.07. The summed E-state index contributed by atoms with van der Waals surface area (Å²) in [5.74, 6) is -2.31. The predicted molar refractivity (Wildman–Crippen MR) is 82.0 cm³/mol. The number of hydrogen-bond acceptors (Lipinski definition) is 5. The van der Waals surface area contributed by atoms with Gasteiger partial charge in [0.1, 0.15) is 0 Å². The Bertz CT molecular complexity index is 772. The van der Waals surface area contributed by atoms with Crippen molar-refractivity contribution in [2.75, 3.05) is 0 Å². The molecular weight excluding hydrogens is 322 g/mol. The Balaban J connectivity index is 2.27. The van der Waals surface area contributed by atoms with Crippen LogP contribution in [-0.2, 0) is 11.2 Å². The maximum absolute atomic E-state index is 11.1. The van der Waals surface area contributed by atoms with Crippen molar-refractivity contribution in [3.05, 3.63) is 63.7 Å². The van der Waals surface area contributed by atoms with Crippen LogP contribution in [0.2, 0.25) is 0 Å². The lowest BCUT2D eigenvalue weighted by molar-refractivity contribution is -0.384. The standard InChI is InChI=1S/C15H11NO6S/c17-14(18)8-9-7-12(5-6-13(9)15(19)20)23-11-3-1-10(2-4-11)16(21)22/h1-7H,8H2,(H,17,18)(H,19,20). The van der Waals surface area contributed by atoms with E-state index >= 15 is 0 Å². The lowest BCUT2D eigenvalue weighted by atomic mass is 10.1. The molecule has 8 heteroatoms. The molecule has 0 fully saturated rings. The summed E-state index contributed by atoms with van der Waals surface area (Å²) in [5.41, 5.74) is 0.125. The van der Waals surface area contributed by atoms with E-state index in [2.05, 4.69) is 0 Å². The van der Waals surface area contributed by atoms with Crippen molar-refractivity contribution in [2.45, 2.75) is 16.2 Å². The van der Waals surface area contributed by atoms with Gasteiger partial charge in [-0.05, 0) is 35.9 Å². The van der Waals surface area contributed by atoms with Gasteiger partial charge in [0.15, 0.2) is 0 Å². The van der Waals surface area contributed by atoms with Crippen LogP contribution < -0.4 is 0 Å². The summed E-state index contributed by atoms with van der Waals surface area (Å²) in [6, 6.07) is 10.3. The van der Waals surface area contributed by atoms with Crippen LogP contribution in [0.1, 0.15) is 15.9 Å². The van der Waals surface area contributed by atoms with Crippen molar-refractivity contribution < 1.29 is 24.7 Å². The van der Waals surface area contributed by atoms with Crippen LogP contribution in [0, 0.1) is 10.1 Å². The van der Waals surface area contributed by atoms with Gasteiger partial charge in [0.05, 0.1) is 16.9 Å². The van der Waals surface area contributed by atoms with Gasteiger partial charge in [0, 0.05) is 21.9 Å². The quantitative estimate of drug-likeness (QED) is 0.616. The molecule has 0 radical (unpaired) electrons. The highest BCUT2D eigenvalue weighted by atomic mass is 32.2. The molecule has 0 amide bonds. The summed E-state index contributed by atoms with van der Waals surface area (Å²) >= 11 is 1.26. The first kappa shape index (κ1) is 16.5. The Morgan fingerprint density at radius 1 is 1.04 bits per heavy atom. The van der Waals surface area contributed by atoms with E-state index in [1.165, 1.54) is 36.0 Å². The topological polar surface area (TPSA) is 118 Å². The monoisotopic (exact) mass is 333 g/mol. The Hall–Kier alpha value is -2.87. The molecule has 0 saturated carbocycles. The minimum Gasteiger partial charge on any atom is -0.481 e. The Labute approximate surface area is 134 Å². The number of non-ortho nitro benzene ring substituents is 1. The number of nitrogens with zero attached hydrogens (tertiary/aromatic N) is 1. The first-order valence-electron chi connectivity index (χ1n) is 6.37. The molecule has 2 aromatic carbocycles. The average Bonchev–Trinajstić information content (AvgIpc) is 2.47. The molecule has 2 aromatic rings. The summed E-state index contributed by atoms with van der Waals surface area (Å²) < 4.78 is 0. The minimum absolute atomic E-state index is 0.0258. The van der Waals surface area contributed by atoms with E-state index in [-0.39, 0.29) is 16.8 Å². The van der Waals surface area contributed by atoms with Gasteiger partial charge in [0.25, 0.3) is 5.69 Å². The normalized spacial score (nSPS) is 10.3. The van der Waals surface area contributed by atoms with Gasteiger partial charge in [0.2, 0.25) is 0 Å². The molecule has 0 saturated heterocycles. The molecule has 0 aliphatic carbocycles. The molecule has 0 spiro atoms. The highest BCUT2D eigenvalue weighted by Gasteiger charge is 2.14. The minimum atomic E-state index is -1.19. The van der Waals surface area contributed by atoms with E-state index in [0.717, 1.165) is 4.90 Å². The summed E-state index contributed by atoms with van der Waals surface area (Å²) in [4.78, 5) is 33.4. The molecule has 118 valence electrons. The highest BCUT2D eigenvalue weighted by Crippen LogP contribution is 2.30. The maximum atomic E-state index is 11.1. The van der Waals surface area contributed by atoms with Crippen molar-refractivity contribution in [3.8, 4) is 0 Å². The molecule has 0 aliphatic heterocycles. The third-order valence-electron chi connectivity index (χ3n) is 2.93. The van der Waals surface area contributed by atoms with Crippen LogP contribution >= 0.6 is 11.8 Å². The number of carboxylic acids is 2. The van der Waals surface area contributed by atoms with Crippen LogP contribution in [0.15, 0.2) is 52.3 Å². The molecular formula is C15H11NO6S. The highest BCUT2D eigenvalue weighted by molar-refractivity contribution is 7.99. The van der Waals surface area contributed by atoms with E-state index in [4.69, 9.17) is 10.2 Å². The largest absolute Gasteiger partial charge is 0.481 e. The predicted octanol–water partition coefficient (Wildman–Crippen LogP) is 3.07. The molecule has 0 aromatic heterocycles. The van der Waals surface area contributed by atoms with E-state index in [1.54, 1.807) is 18.2 Å². The van der Waals surface area contributed by atoms with Crippen molar-refractivity contribution in [2.24, 2.45) is 0 Å². The number of nitro benzene ring substituents is 1. The fourth-order valence-corrected chi connectivity index (χ4v) is 2.80. The fraction of sp³-hybridized carbons (Fsp3) is 0.0667. The molecule has 0 bridgehead atoms. The second kappa shape index (κ2) is 6.93. The second-order valence-electron chi connectivity index (χ2n) is 4.55. The van der Waals surface area contributed by atoms with Gasteiger partial charge >= 0.3 is 11.9 Å². The van der Waals surface area contributed by atoms with Crippen LogP contribution in [0.3, 0.4) is 0 Å². The zero-order valence-electron chi connectivity index (χ0n) is 11.6. The van der Waals surface area contributed by atoms with Crippen molar-refractivity contribution >= 4 is 29.4 Å². The van der Waals surface area contributed by atoms with E-state index < -0.39 is 23.3 Å². The van der Waals surface area contributed by atoms with Crippen molar-refractivity contribution in [1.82, 2.24) is 0 Å². The number of hydrogen-bond donors (Lipinski definition) is 2. The van der Waals surface area contributed by atoms with Gasteiger partial charge in [-0.25, -0.2) is 4.79 Å². The number of carboxylic acid groups (broad SMARTS) is 2. The van der Waals surface area contributed by atoms with Gasteiger partial charge in [-0.2, -0.15) is 0 Å². The molecule has 0 heterocycles. The summed E-state index contributed by atoms with van der Waals surface area (Å²) in [7, 11) is 0. The van der Waals surface area contributed by atoms with Gasteiger partial charge < -0.3 is 10.2 Å². The van der Waals surface area contributed by atoms with Crippen LogP contribution in [0.4, 0.5) is 5.69 Å². The molecule has 0 aliphatic rings. The van der Waals surface area contributed by atoms with Crippen molar-refractivity contribution in [3.63, 3.8) is 0 Å². The third kappa shape index (κ3) is 4.30. The second-order valence-corrected chi connectivity index (χ2v) is 5.69. The molecule has 2 N–H and O–H groups in total. The molecule has 7 nitrogen and oxygen atoms in total. The van der Waals surface area contributed by atoms with Crippen molar-refractivity contribution in [1.29, 1.82) is 0 Å². The molecule has 2 rings (SSSR count). The van der Waals surface area contributed by atoms with Crippen LogP contribution in [-0.4, -0.2) is 27.1 Å². The smallest absolute Gasteiger partial charge is 0.335 e. The summed E-state index contributed by atoms with van der Waals surface area (Å²) in [6.45, 7) is 0. The fourth-order valence-electron chi connectivity index (χ4n) is 1.92. The van der Waals surface area contributed by atoms with Gasteiger partial charge in [-0.15, -0.1) is 0 Å². The SMILES string of the molecule is O=C(O)Cc1cc(Sc2ccc([N+](=O)[O-])cc2)ccc1C(=O)O. The van der Waals surface area contributed by atoms with E-state index in [0.29, 0.717) is 4.90 Å². The van der Waals surface area contributed by atoms with Crippen LogP contribution in [0.25, 0.3) is 0 Å². The first-order valence-corrected chi connectivity index (χ1v) is 7.19.